The smallest absolute Gasteiger partial charge is 0.264 e. The summed E-state index contributed by atoms with van der Waals surface area (Å²) in [6, 6.07) is 40.1. The Bertz CT molecular complexity index is 2480. The third kappa shape index (κ3) is 7.91. The van der Waals surface area contributed by atoms with Crippen LogP contribution in [0.2, 0.25) is 18.6 Å². The van der Waals surface area contributed by atoms with Crippen LogP contribution in [0.5, 0.6) is 0 Å². The second-order valence-corrected chi connectivity index (χ2v) is 19.9. The van der Waals surface area contributed by atoms with Gasteiger partial charge in [-0.3, -0.25) is 19.1 Å². The van der Waals surface area contributed by atoms with Crippen molar-refractivity contribution >= 4 is 43.2 Å². The van der Waals surface area contributed by atoms with Crippen LogP contribution in [0.1, 0.15) is 62.4 Å². The first-order valence-electron chi connectivity index (χ1n) is 20.2. The average molecular weight is 823 g/mol. The lowest BCUT2D eigenvalue weighted by atomic mass is 9.82. The fourth-order valence-electron chi connectivity index (χ4n) is 8.91. The fraction of sp³-hybridized carbons (Fsp3) is 0.255. The highest BCUT2D eigenvalue weighted by Gasteiger charge is 2.66. The van der Waals surface area contributed by atoms with Crippen LogP contribution < -0.4 is 15.5 Å². The van der Waals surface area contributed by atoms with Gasteiger partial charge in [0, 0.05) is 52.3 Å². The van der Waals surface area contributed by atoms with Gasteiger partial charge in [0.05, 0.1) is 36.6 Å². The number of fused-ring (bicyclic) bond motifs is 2. The van der Waals surface area contributed by atoms with Crippen LogP contribution in [0.4, 0.5) is 21.2 Å². The van der Waals surface area contributed by atoms with Crippen molar-refractivity contribution < 1.29 is 28.3 Å². The predicted octanol–water partition coefficient (Wildman–Crippen LogP) is 8.32. The quantitative estimate of drug-likeness (QED) is 0.0787. The largest absolute Gasteiger partial charge is 0.395 e. The zero-order valence-electron chi connectivity index (χ0n) is 33.7. The summed E-state index contributed by atoms with van der Waals surface area (Å²) in [5.74, 6) is -1.76. The van der Waals surface area contributed by atoms with E-state index >= 15 is 8.90 Å². The number of aromatic nitrogens is 3. The van der Waals surface area contributed by atoms with Gasteiger partial charge in [0.15, 0.2) is 5.60 Å². The minimum atomic E-state index is -3.50. The number of nitrogens with zero attached hydrogens (tertiary/aromatic N) is 4. The number of rotatable bonds is 13. The second kappa shape index (κ2) is 16.8. The molecule has 0 aliphatic carbocycles. The lowest BCUT2D eigenvalue weighted by molar-refractivity contribution is -0.146. The molecule has 13 heteroatoms. The van der Waals surface area contributed by atoms with Gasteiger partial charge in [-0.1, -0.05) is 91.0 Å². The number of hydrogen-bond acceptors (Lipinski definition) is 7. The Hall–Kier alpha value is -6.28. The lowest BCUT2D eigenvalue weighted by Gasteiger charge is -2.31. The third-order valence-electron chi connectivity index (χ3n) is 11.8. The molecule has 1 saturated heterocycles. The van der Waals surface area contributed by atoms with Gasteiger partial charge in [0.25, 0.3) is 17.7 Å². The van der Waals surface area contributed by atoms with Gasteiger partial charge in [-0.25, -0.2) is 0 Å². The Balaban J connectivity index is 1.09. The summed E-state index contributed by atoms with van der Waals surface area (Å²) in [5, 5.41) is 24.9. The summed E-state index contributed by atoms with van der Waals surface area (Å²) in [7, 11) is -3.50. The van der Waals surface area contributed by atoms with E-state index in [9.17, 15) is 14.7 Å². The lowest BCUT2D eigenvalue weighted by Crippen LogP contribution is -2.45. The Morgan fingerprint density at radius 2 is 1.43 bits per heavy atom. The van der Waals surface area contributed by atoms with Crippen molar-refractivity contribution in [2.45, 2.75) is 62.7 Å². The van der Waals surface area contributed by atoms with E-state index in [0.29, 0.717) is 52.4 Å². The molecular weight excluding hydrogens is 776 g/mol. The fourth-order valence-corrected chi connectivity index (χ4v) is 11.5. The number of ether oxygens (including phenoxy) is 1. The van der Waals surface area contributed by atoms with Crippen LogP contribution in [0.3, 0.4) is 0 Å². The summed E-state index contributed by atoms with van der Waals surface area (Å²) in [5.41, 5.74) is 3.52. The number of halogens is 1. The van der Waals surface area contributed by atoms with Crippen molar-refractivity contribution in [3.63, 3.8) is 0 Å². The molecule has 0 bridgehead atoms. The highest BCUT2D eigenvalue weighted by Crippen LogP contribution is 2.60. The first-order valence-corrected chi connectivity index (χ1v) is 23.1. The molecular formula is C47H47FN6O5Si. The standard InChI is InChI=1S/C47H47FN6O5Si/c1-31-43(60(2,3)48)42(25-26-53-29-40(51-52-53)38(30-55)33-13-7-4-8-14-33)59-47(31)39-27-37(50-45(57)35-17-11-6-12-18-35)23-24-41(39)54(46(47)58)28-32-19-21-36(22-20-32)49-44(56)34-15-9-5-10-16-34/h4-24,27,29,31,38,42-43,55H,25-26,28,30H2,1-3H3,(H,49,56)(H,50,57)/t31-,38?,42+,43-,47+/m1/s1. The molecule has 0 saturated carbocycles. The van der Waals surface area contributed by atoms with Gasteiger partial charge in [-0.15, -0.1) is 5.10 Å². The molecule has 2 aliphatic rings. The van der Waals surface area contributed by atoms with Crippen LogP contribution in [0.25, 0.3) is 0 Å². The predicted molar refractivity (Wildman–Crippen MR) is 231 cm³/mol. The molecule has 5 atom stereocenters. The number of amides is 3. The van der Waals surface area contributed by atoms with Gasteiger partial charge in [0.2, 0.25) is 8.41 Å². The van der Waals surface area contributed by atoms with E-state index in [-0.39, 0.29) is 36.8 Å². The molecule has 3 N–H and O–H groups in total. The van der Waals surface area contributed by atoms with E-state index in [1.807, 2.05) is 67.6 Å². The minimum Gasteiger partial charge on any atom is -0.395 e. The summed E-state index contributed by atoms with van der Waals surface area (Å²) in [6.45, 7) is 5.62. The molecule has 3 heterocycles. The summed E-state index contributed by atoms with van der Waals surface area (Å²) in [4.78, 5) is 43.0. The first kappa shape index (κ1) is 40.5. The molecule has 1 aromatic heterocycles. The maximum atomic E-state index is 16.7. The average Bonchev–Trinajstić information content (AvgIpc) is 3.92. The van der Waals surface area contributed by atoms with Crippen molar-refractivity contribution in [1.82, 2.24) is 15.0 Å². The third-order valence-corrected chi connectivity index (χ3v) is 14.2. The molecule has 0 radical (unpaired) electrons. The topological polar surface area (TPSA) is 139 Å². The molecule has 1 unspecified atom stereocenters. The number of anilines is 3. The number of carbonyl (C=O) groups excluding carboxylic acids is 3. The van der Waals surface area contributed by atoms with Gasteiger partial charge >= 0.3 is 0 Å². The van der Waals surface area contributed by atoms with Crippen molar-refractivity contribution in [3.05, 3.63) is 173 Å². The molecule has 5 aromatic carbocycles. The first-order chi connectivity index (χ1) is 29.0. The van der Waals surface area contributed by atoms with Crippen molar-refractivity contribution in [2.75, 3.05) is 22.1 Å². The Labute approximate surface area is 349 Å². The van der Waals surface area contributed by atoms with E-state index < -0.39 is 31.6 Å². The summed E-state index contributed by atoms with van der Waals surface area (Å²) in [6.07, 6.45) is 1.51. The van der Waals surface area contributed by atoms with E-state index in [1.165, 1.54) is 0 Å². The zero-order chi connectivity index (χ0) is 42.0. The Morgan fingerprint density at radius 1 is 0.850 bits per heavy atom. The monoisotopic (exact) mass is 822 g/mol. The van der Waals surface area contributed by atoms with Gasteiger partial charge in [-0.05, 0) is 85.2 Å². The van der Waals surface area contributed by atoms with E-state index in [0.717, 1.165) is 11.1 Å². The number of aliphatic hydroxyl groups excluding tert-OH is 1. The Morgan fingerprint density at radius 3 is 2.03 bits per heavy atom. The summed E-state index contributed by atoms with van der Waals surface area (Å²) >= 11 is 0. The van der Waals surface area contributed by atoms with Crippen LogP contribution in [0, 0.1) is 5.92 Å². The van der Waals surface area contributed by atoms with Crippen molar-refractivity contribution in [3.8, 4) is 0 Å². The van der Waals surface area contributed by atoms with Crippen LogP contribution in [-0.4, -0.2) is 58.9 Å². The molecule has 1 fully saturated rings. The number of carbonyl (C=O) groups is 3. The van der Waals surface area contributed by atoms with Crippen molar-refractivity contribution in [1.29, 1.82) is 0 Å². The van der Waals surface area contributed by atoms with Gasteiger partial charge < -0.3 is 29.5 Å². The highest BCUT2D eigenvalue weighted by molar-refractivity contribution is 6.72. The maximum absolute atomic E-state index is 16.7. The van der Waals surface area contributed by atoms with Crippen LogP contribution in [-0.2, 0) is 28.2 Å². The number of hydrogen-bond donors (Lipinski definition) is 3. The van der Waals surface area contributed by atoms with Gasteiger partial charge in [0.1, 0.15) is 0 Å². The van der Waals surface area contributed by atoms with E-state index in [2.05, 4.69) is 20.9 Å². The molecule has 2 aliphatic heterocycles. The molecule has 6 aromatic rings. The molecule has 60 heavy (non-hydrogen) atoms. The van der Waals surface area contributed by atoms with Crippen LogP contribution in [0.15, 0.2) is 140 Å². The molecule has 3 amide bonds. The van der Waals surface area contributed by atoms with E-state index in [1.54, 1.807) is 102 Å². The van der Waals surface area contributed by atoms with E-state index in [4.69, 9.17) is 4.74 Å². The maximum Gasteiger partial charge on any atom is 0.264 e. The highest BCUT2D eigenvalue weighted by atomic mass is 28.4. The molecule has 306 valence electrons. The molecule has 11 nitrogen and oxygen atoms in total. The number of nitrogens with one attached hydrogen (secondary N) is 2. The van der Waals surface area contributed by atoms with Gasteiger partial charge in [-0.2, -0.15) is 0 Å². The number of benzene rings is 5. The molecule has 1 spiro atoms. The SMILES string of the molecule is C[C@@H]1[C@@H]([Si](C)(C)F)[C@H](CCn2cc(C(CO)c3ccccc3)nn2)O[C@@]12C(=O)N(Cc1ccc(NC(=O)c3ccccc3)cc1)c1ccc(NC(=O)c3ccccc3)cc12. The number of aryl methyl sites for hydroxylation is 1. The normalized spacial score (nSPS) is 20.2. The molecule has 8 rings (SSSR count). The van der Waals surface area contributed by atoms with Crippen molar-refractivity contribution in [2.24, 2.45) is 5.92 Å². The Kier molecular flexibility index (Phi) is 11.3. The van der Waals surface area contributed by atoms with Crippen LogP contribution >= 0.6 is 0 Å². The minimum absolute atomic E-state index is 0.140. The second-order valence-electron chi connectivity index (χ2n) is 16.1. The summed E-state index contributed by atoms with van der Waals surface area (Å²) < 4.78 is 25.4. The number of aliphatic hydroxyl groups is 1. The zero-order valence-corrected chi connectivity index (χ0v) is 34.7.